The predicted octanol–water partition coefficient (Wildman–Crippen LogP) is 16.3. The fraction of sp³-hybridized carbons (Fsp3) is 0.0938. The van der Waals surface area contributed by atoms with Crippen molar-refractivity contribution in [1.29, 1.82) is 0 Å². The molecule has 2 aliphatic rings. The maximum atomic E-state index is 2.58. The molecule has 10 aromatic rings. The minimum atomic E-state index is -0.477. The number of rotatable bonds is 9. The molecule has 9 aromatic carbocycles. The van der Waals surface area contributed by atoms with Crippen LogP contribution in [0.1, 0.15) is 52.6 Å². The highest BCUT2D eigenvalue weighted by atomic mass is 15.0. The summed E-state index contributed by atoms with van der Waals surface area (Å²) in [6.07, 6.45) is 8.95. The molecule has 1 heterocycles. The van der Waals surface area contributed by atoms with Crippen LogP contribution in [0.3, 0.4) is 0 Å². The third-order valence-electron chi connectivity index (χ3n) is 14.3. The van der Waals surface area contributed by atoms with Crippen LogP contribution in [0.25, 0.3) is 60.9 Å². The first-order valence-corrected chi connectivity index (χ1v) is 23.1. The molecule has 0 saturated heterocycles. The Bertz CT molecular complexity index is 3360. The molecule has 0 radical (unpaired) electrons. The molecule has 0 N–H and O–H groups in total. The highest BCUT2D eigenvalue weighted by Crippen LogP contribution is 2.60. The average molecular weight is 832 g/mol. The first-order valence-electron chi connectivity index (χ1n) is 23.1. The van der Waals surface area contributed by atoms with Gasteiger partial charge in [-0.1, -0.05) is 237 Å². The van der Waals surface area contributed by atoms with Gasteiger partial charge >= 0.3 is 0 Å². The summed E-state index contributed by atoms with van der Waals surface area (Å²) in [6.45, 7) is 2.36. The van der Waals surface area contributed by atoms with Crippen LogP contribution >= 0.6 is 0 Å². The largest absolute Gasteiger partial charge is 0.309 e. The molecule has 0 aliphatic heterocycles. The topological polar surface area (TPSA) is 4.93 Å². The maximum absolute atomic E-state index is 2.58. The summed E-state index contributed by atoms with van der Waals surface area (Å²) >= 11 is 0. The van der Waals surface area contributed by atoms with E-state index in [9.17, 15) is 0 Å². The lowest BCUT2D eigenvalue weighted by atomic mass is 9.64. The zero-order chi connectivity index (χ0) is 43.3. The zero-order valence-electron chi connectivity index (χ0n) is 36.6. The number of aromatic nitrogens is 1. The quantitative estimate of drug-likeness (QED) is 0.137. The van der Waals surface area contributed by atoms with Crippen molar-refractivity contribution in [3.8, 4) is 39.1 Å². The Balaban J connectivity index is 1.02. The van der Waals surface area contributed by atoms with Crippen molar-refractivity contribution in [1.82, 2.24) is 4.57 Å². The van der Waals surface area contributed by atoms with E-state index in [1.54, 1.807) is 0 Å². The van der Waals surface area contributed by atoms with E-state index in [0.29, 0.717) is 5.92 Å². The van der Waals surface area contributed by atoms with E-state index < -0.39 is 5.41 Å². The minimum Gasteiger partial charge on any atom is -0.309 e. The van der Waals surface area contributed by atoms with Crippen molar-refractivity contribution in [3.05, 3.63) is 282 Å². The van der Waals surface area contributed by atoms with Gasteiger partial charge in [-0.25, -0.2) is 0 Å². The van der Waals surface area contributed by atoms with Crippen molar-refractivity contribution in [3.63, 3.8) is 0 Å². The van der Waals surface area contributed by atoms with Crippen LogP contribution in [0.5, 0.6) is 0 Å². The monoisotopic (exact) mass is 831 g/mol. The predicted molar refractivity (Wildman–Crippen MR) is 273 cm³/mol. The normalized spacial score (nSPS) is 16.9. The Morgan fingerprint density at radius 2 is 1.06 bits per heavy atom. The molecule has 65 heavy (non-hydrogen) atoms. The number of para-hydroxylation sites is 2. The third kappa shape index (κ3) is 6.53. The van der Waals surface area contributed by atoms with E-state index in [2.05, 4.69) is 254 Å². The summed E-state index contributed by atoms with van der Waals surface area (Å²) in [7, 11) is 0. The lowest BCUT2D eigenvalue weighted by Crippen LogP contribution is -2.31. The summed E-state index contributed by atoms with van der Waals surface area (Å²) in [4.78, 5) is 0. The molecule has 0 bridgehead atoms. The van der Waals surface area contributed by atoms with Crippen LogP contribution in [0.2, 0.25) is 0 Å². The zero-order valence-corrected chi connectivity index (χ0v) is 36.6. The molecule has 310 valence electrons. The lowest BCUT2D eigenvalue weighted by molar-refractivity contribution is 0.614. The van der Waals surface area contributed by atoms with E-state index in [0.717, 1.165) is 12.8 Å². The van der Waals surface area contributed by atoms with Crippen molar-refractivity contribution < 1.29 is 0 Å². The smallest absolute Gasteiger partial charge is 0.0677 e. The summed E-state index contributed by atoms with van der Waals surface area (Å²) in [6, 6.07) is 83.7. The van der Waals surface area contributed by atoms with E-state index in [1.807, 2.05) is 0 Å². The fourth-order valence-electron chi connectivity index (χ4n) is 11.3. The van der Waals surface area contributed by atoms with Crippen LogP contribution in [-0.4, -0.2) is 4.57 Å². The van der Waals surface area contributed by atoms with Crippen molar-refractivity contribution >= 4 is 21.8 Å². The maximum Gasteiger partial charge on any atom is 0.0677 e. The van der Waals surface area contributed by atoms with Crippen LogP contribution < -0.4 is 0 Å². The van der Waals surface area contributed by atoms with E-state index in [1.165, 1.54) is 99.8 Å². The molecule has 12 rings (SSSR count). The molecular formula is C64H49N. The summed E-state index contributed by atoms with van der Waals surface area (Å²) in [5.74, 6) is 0.600. The summed E-state index contributed by atoms with van der Waals surface area (Å²) in [5, 5.41) is 2.55. The number of fused-ring (bicyclic) bond motifs is 6. The van der Waals surface area contributed by atoms with E-state index >= 15 is 0 Å². The molecule has 2 aliphatic carbocycles. The van der Waals surface area contributed by atoms with Gasteiger partial charge < -0.3 is 4.57 Å². The van der Waals surface area contributed by atoms with Gasteiger partial charge in [0.2, 0.25) is 0 Å². The fourth-order valence-corrected chi connectivity index (χ4v) is 11.3. The highest BCUT2D eigenvalue weighted by Gasteiger charge is 2.48. The average Bonchev–Trinajstić information content (AvgIpc) is 3.87. The summed E-state index contributed by atoms with van der Waals surface area (Å²) < 4.78 is 2.52. The number of nitrogens with zero attached hydrogens (tertiary/aromatic N) is 1. The lowest BCUT2D eigenvalue weighted by Gasteiger charge is -2.38. The van der Waals surface area contributed by atoms with Gasteiger partial charge in [-0.2, -0.15) is 0 Å². The highest BCUT2D eigenvalue weighted by molar-refractivity contribution is 6.10. The van der Waals surface area contributed by atoms with Gasteiger partial charge in [0.05, 0.1) is 22.1 Å². The minimum absolute atomic E-state index is 0.170. The second-order valence-electron chi connectivity index (χ2n) is 18.1. The van der Waals surface area contributed by atoms with Crippen LogP contribution in [0.15, 0.2) is 248 Å². The number of hydrogen-bond donors (Lipinski definition) is 0. The van der Waals surface area contributed by atoms with Gasteiger partial charge in [-0.05, 0) is 98.2 Å². The standard InChI is InChI=1S/C64H49N/c1-44-17-15-24-53(41-44)64(52-22-9-4-10-23-52)58-27-16-30-62(65-60-28-13-11-25-54(60)55-26-12-14-29-61(55)65)63(58)56-40-31-45(43-59(56)64)42-57(50-20-7-3-8-21-50)51-38-36-49(37-39-51)48-34-32-47(33-35-48)46-18-5-2-6-19-46/h2-40,43-44,57H,41-42H2,1H3. The Morgan fingerprint density at radius 3 is 1.71 bits per heavy atom. The van der Waals surface area contributed by atoms with E-state index in [4.69, 9.17) is 0 Å². The first kappa shape index (κ1) is 38.9. The molecule has 1 aromatic heterocycles. The van der Waals surface area contributed by atoms with Crippen molar-refractivity contribution in [2.24, 2.45) is 5.92 Å². The van der Waals surface area contributed by atoms with Gasteiger partial charge in [-0.3, -0.25) is 0 Å². The van der Waals surface area contributed by atoms with Crippen LogP contribution in [0, 0.1) is 5.92 Å². The molecule has 0 fully saturated rings. The summed E-state index contributed by atoms with van der Waals surface area (Å²) in [5.41, 5.74) is 20.2. The number of benzene rings is 9. The molecule has 3 unspecified atom stereocenters. The van der Waals surface area contributed by atoms with Gasteiger partial charge in [0.15, 0.2) is 0 Å². The molecule has 0 amide bonds. The molecule has 1 nitrogen and oxygen atoms in total. The molecule has 0 spiro atoms. The third-order valence-corrected chi connectivity index (χ3v) is 14.3. The molecular weight excluding hydrogens is 783 g/mol. The SMILES string of the molecule is CC1C=CC=C(C2(c3ccccc3)c3cc(CC(c4ccccc4)c4ccc(-c5ccc(-c6ccccc6)cc5)cc4)ccc3-c3c(-n4c5ccccc5c5ccccc54)cccc32)C1. The molecule has 0 saturated carbocycles. The van der Waals surface area contributed by atoms with Crippen molar-refractivity contribution in [2.45, 2.75) is 31.1 Å². The van der Waals surface area contributed by atoms with Crippen LogP contribution in [-0.2, 0) is 11.8 Å². The second kappa shape index (κ2) is 16.1. The van der Waals surface area contributed by atoms with Gasteiger partial charge in [0, 0.05) is 22.3 Å². The van der Waals surface area contributed by atoms with Crippen molar-refractivity contribution in [2.75, 3.05) is 0 Å². The van der Waals surface area contributed by atoms with Gasteiger partial charge in [0.1, 0.15) is 0 Å². The Morgan fingerprint density at radius 1 is 0.508 bits per heavy atom. The van der Waals surface area contributed by atoms with Gasteiger partial charge in [0.25, 0.3) is 0 Å². The Labute approximate surface area is 382 Å². The number of allylic oxidation sites excluding steroid dienone is 4. The van der Waals surface area contributed by atoms with E-state index in [-0.39, 0.29) is 5.92 Å². The molecule has 1 heteroatoms. The Hall–Kier alpha value is -7.74. The molecule has 3 atom stereocenters. The number of hydrogen-bond acceptors (Lipinski definition) is 0. The first-order chi connectivity index (χ1) is 32.1. The van der Waals surface area contributed by atoms with Gasteiger partial charge in [-0.15, -0.1) is 0 Å². The Kier molecular flexibility index (Phi) is 9.64. The van der Waals surface area contributed by atoms with Crippen LogP contribution in [0.4, 0.5) is 0 Å². The second-order valence-corrected chi connectivity index (χ2v) is 18.1.